The van der Waals surface area contributed by atoms with Gasteiger partial charge in [0.2, 0.25) is 0 Å². The second-order valence-corrected chi connectivity index (χ2v) is 7.44. The van der Waals surface area contributed by atoms with Crippen molar-refractivity contribution in [3.05, 3.63) is 63.2 Å². The highest BCUT2D eigenvalue weighted by Crippen LogP contribution is 2.45. The fraction of sp³-hybridized carbons (Fsp3) is 0.381. The van der Waals surface area contributed by atoms with Crippen LogP contribution in [0.1, 0.15) is 45.0 Å². The highest BCUT2D eigenvalue weighted by molar-refractivity contribution is 6.32. The number of benzene rings is 2. The number of rotatable bonds is 2. The lowest BCUT2D eigenvalue weighted by Gasteiger charge is -2.38. The fourth-order valence-corrected chi connectivity index (χ4v) is 4.83. The molecule has 4 heteroatoms. The highest BCUT2D eigenvalue weighted by atomic mass is 35.5. The van der Waals surface area contributed by atoms with Crippen molar-refractivity contribution in [1.82, 2.24) is 4.90 Å². The van der Waals surface area contributed by atoms with Crippen molar-refractivity contribution in [1.29, 1.82) is 0 Å². The molecule has 1 heterocycles. The van der Waals surface area contributed by atoms with Gasteiger partial charge in [-0.15, -0.1) is 0 Å². The Hall–Kier alpha value is -1.84. The summed E-state index contributed by atoms with van der Waals surface area (Å²) in [5.41, 5.74) is 5.88. The lowest BCUT2D eigenvalue weighted by Crippen LogP contribution is -2.39. The van der Waals surface area contributed by atoms with Crippen LogP contribution in [0.2, 0.25) is 5.02 Å². The number of aldehydes is 1. The Morgan fingerprint density at radius 1 is 1.24 bits per heavy atom. The monoisotopic (exact) mass is 355 g/mol. The predicted octanol–water partition coefficient (Wildman–Crippen LogP) is 4.10. The number of halogens is 1. The summed E-state index contributed by atoms with van der Waals surface area (Å²) in [6.45, 7) is 1.01. The van der Waals surface area contributed by atoms with Gasteiger partial charge in [0.05, 0.1) is 12.1 Å². The first-order valence-electron chi connectivity index (χ1n) is 8.77. The first-order valence-corrected chi connectivity index (χ1v) is 9.15. The Labute approximate surface area is 153 Å². The standard InChI is InChI=1S/C21H22ClNO2/c1-23-9-8-13-10-18(22)20(25-2)11-17(13)21-16-5-3-4-14(12-24)15(16)6-7-19(21)23/h3-5,10-12,19,21H,6-9H2,1-2H3/t19-,21+/m0/s1. The minimum Gasteiger partial charge on any atom is -0.495 e. The third-order valence-corrected chi connectivity index (χ3v) is 6.13. The lowest BCUT2D eigenvalue weighted by atomic mass is 9.73. The topological polar surface area (TPSA) is 29.5 Å². The summed E-state index contributed by atoms with van der Waals surface area (Å²) >= 11 is 6.39. The molecule has 0 fully saturated rings. The summed E-state index contributed by atoms with van der Waals surface area (Å²) in [6.07, 6.45) is 3.98. The van der Waals surface area contributed by atoms with E-state index < -0.39 is 0 Å². The number of carbonyl (C=O) groups excluding carboxylic acids is 1. The molecule has 4 rings (SSSR count). The van der Waals surface area contributed by atoms with Crippen molar-refractivity contribution < 1.29 is 9.53 Å². The lowest BCUT2D eigenvalue weighted by molar-refractivity contribution is 0.112. The molecule has 0 amide bonds. The first kappa shape index (κ1) is 16.6. The number of nitrogens with zero attached hydrogens (tertiary/aromatic N) is 1. The van der Waals surface area contributed by atoms with Crippen LogP contribution in [0.15, 0.2) is 30.3 Å². The number of fused-ring (bicyclic) bond motifs is 5. The molecule has 3 nitrogen and oxygen atoms in total. The SMILES string of the molecule is COc1cc2c(cc1Cl)CCN(C)[C@H]1CCc3c(C=O)cccc3[C@H]21. The van der Waals surface area contributed by atoms with Crippen molar-refractivity contribution in [2.75, 3.05) is 20.7 Å². The molecule has 0 bridgehead atoms. The number of hydrogen-bond acceptors (Lipinski definition) is 3. The molecule has 1 aliphatic carbocycles. The Balaban J connectivity index is 1.96. The van der Waals surface area contributed by atoms with E-state index in [1.165, 1.54) is 22.3 Å². The first-order chi connectivity index (χ1) is 12.1. The van der Waals surface area contributed by atoms with Crippen molar-refractivity contribution in [3.8, 4) is 5.75 Å². The molecule has 0 unspecified atom stereocenters. The van der Waals surface area contributed by atoms with Crippen LogP contribution in [0.5, 0.6) is 5.75 Å². The maximum Gasteiger partial charge on any atom is 0.150 e. The van der Waals surface area contributed by atoms with Gasteiger partial charge >= 0.3 is 0 Å². The maximum absolute atomic E-state index is 11.5. The molecule has 0 radical (unpaired) electrons. The second-order valence-electron chi connectivity index (χ2n) is 7.03. The van der Waals surface area contributed by atoms with E-state index in [2.05, 4.69) is 30.1 Å². The third-order valence-electron chi connectivity index (χ3n) is 5.83. The maximum atomic E-state index is 11.5. The molecular formula is C21H22ClNO2. The third kappa shape index (κ3) is 2.66. The minimum atomic E-state index is 0.248. The summed E-state index contributed by atoms with van der Waals surface area (Å²) in [5, 5.41) is 0.667. The van der Waals surface area contributed by atoms with E-state index in [0.717, 1.165) is 43.4 Å². The van der Waals surface area contributed by atoms with Crippen LogP contribution in [0.4, 0.5) is 0 Å². The van der Waals surface area contributed by atoms with Gasteiger partial charge in [-0.2, -0.15) is 0 Å². The number of hydrogen-bond donors (Lipinski definition) is 0. The van der Waals surface area contributed by atoms with E-state index in [4.69, 9.17) is 16.3 Å². The van der Waals surface area contributed by atoms with Gasteiger partial charge in [0.25, 0.3) is 0 Å². The molecule has 0 saturated heterocycles. The van der Waals surface area contributed by atoms with Gasteiger partial charge in [0, 0.05) is 24.1 Å². The zero-order valence-electron chi connectivity index (χ0n) is 14.6. The zero-order valence-corrected chi connectivity index (χ0v) is 15.3. The van der Waals surface area contributed by atoms with Crippen LogP contribution < -0.4 is 4.74 Å². The summed E-state index contributed by atoms with van der Waals surface area (Å²) < 4.78 is 5.49. The molecule has 0 spiro atoms. The van der Waals surface area contributed by atoms with Gasteiger partial charge in [-0.25, -0.2) is 0 Å². The average molecular weight is 356 g/mol. The van der Waals surface area contributed by atoms with Crippen LogP contribution in [0, 0.1) is 0 Å². The van der Waals surface area contributed by atoms with Gasteiger partial charge < -0.3 is 9.64 Å². The van der Waals surface area contributed by atoms with Crippen LogP contribution >= 0.6 is 11.6 Å². The van der Waals surface area contributed by atoms with Gasteiger partial charge in [0.1, 0.15) is 12.0 Å². The van der Waals surface area contributed by atoms with Crippen LogP contribution in [0.3, 0.4) is 0 Å². The molecule has 130 valence electrons. The predicted molar refractivity (Wildman–Crippen MR) is 100 cm³/mol. The van der Waals surface area contributed by atoms with E-state index in [1.807, 2.05) is 12.1 Å². The largest absolute Gasteiger partial charge is 0.495 e. The fourth-order valence-electron chi connectivity index (χ4n) is 4.56. The Morgan fingerprint density at radius 2 is 2.08 bits per heavy atom. The molecule has 0 N–H and O–H groups in total. The molecule has 0 aromatic heterocycles. The highest BCUT2D eigenvalue weighted by Gasteiger charge is 2.37. The van der Waals surface area contributed by atoms with Crippen molar-refractivity contribution in [3.63, 3.8) is 0 Å². The van der Waals surface area contributed by atoms with Gasteiger partial charge in [-0.1, -0.05) is 29.8 Å². The molecule has 25 heavy (non-hydrogen) atoms. The Kier molecular flexibility index (Phi) is 4.30. The average Bonchev–Trinajstić information content (AvgIpc) is 2.77. The van der Waals surface area contributed by atoms with Crippen LogP contribution in [-0.4, -0.2) is 37.9 Å². The van der Waals surface area contributed by atoms with Crippen LogP contribution in [-0.2, 0) is 12.8 Å². The van der Waals surface area contributed by atoms with E-state index in [9.17, 15) is 4.79 Å². The molecule has 1 aliphatic heterocycles. The summed E-state index contributed by atoms with van der Waals surface area (Å²) in [5.74, 6) is 0.972. The summed E-state index contributed by atoms with van der Waals surface area (Å²) in [4.78, 5) is 14.0. The number of likely N-dealkylation sites (N-methyl/N-ethyl adjacent to an activating group) is 1. The Bertz CT molecular complexity index is 833. The van der Waals surface area contributed by atoms with Crippen molar-refractivity contribution >= 4 is 17.9 Å². The van der Waals surface area contributed by atoms with Gasteiger partial charge in [-0.3, -0.25) is 4.79 Å². The molecule has 2 aliphatic rings. The van der Waals surface area contributed by atoms with Gasteiger partial charge in [0.15, 0.2) is 0 Å². The molecular weight excluding hydrogens is 334 g/mol. The Morgan fingerprint density at radius 3 is 2.84 bits per heavy atom. The smallest absolute Gasteiger partial charge is 0.150 e. The molecule has 0 saturated carbocycles. The van der Waals surface area contributed by atoms with Crippen molar-refractivity contribution in [2.45, 2.75) is 31.2 Å². The quantitative estimate of drug-likeness (QED) is 0.760. The number of ether oxygens (including phenoxy) is 1. The number of methoxy groups -OCH3 is 1. The van der Waals surface area contributed by atoms with E-state index >= 15 is 0 Å². The van der Waals surface area contributed by atoms with Crippen molar-refractivity contribution in [2.24, 2.45) is 0 Å². The number of carbonyl (C=O) groups is 1. The normalized spacial score (nSPS) is 22.4. The molecule has 2 aromatic rings. The van der Waals surface area contributed by atoms with E-state index in [1.54, 1.807) is 7.11 Å². The van der Waals surface area contributed by atoms with Crippen LogP contribution in [0.25, 0.3) is 0 Å². The van der Waals surface area contributed by atoms with E-state index in [-0.39, 0.29) is 5.92 Å². The van der Waals surface area contributed by atoms with E-state index in [0.29, 0.717) is 11.1 Å². The molecule has 2 atom stereocenters. The summed E-state index contributed by atoms with van der Waals surface area (Å²) in [6, 6.07) is 10.7. The minimum absolute atomic E-state index is 0.248. The zero-order chi connectivity index (χ0) is 17.6. The second kappa shape index (κ2) is 6.47. The van der Waals surface area contributed by atoms with Gasteiger partial charge in [-0.05, 0) is 60.7 Å². The summed E-state index contributed by atoms with van der Waals surface area (Å²) in [7, 11) is 3.87. The molecule has 2 aromatic carbocycles.